The third kappa shape index (κ3) is 6.25. The van der Waals surface area contributed by atoms with E-state index in [1.807, 2.05) is 12.1 Å². The summed E-state index contributed by atoms with van der Waals surface area (Å²) in [7, 11) is -3.57. The van der Waals surface area contributed by atoms with E-state index >= 15 is 0 Å². The van der Waals surface area contributed by atoms with Crippen LogP contribution in [0.3, 0.4) is 0 Å². The topological polar surface area (TPSA) is 94.6 Å². The van der Waals surface area contributed by atoms with Crippen LogP contribution < -0.4 is 14.9 Å². The molecule has 1 aromatic heterocycles. The molecule has 2 heterocycles. The molecular formula is C22H31N5O3S. The minimum atomic E-state index is -3.57. The van der Waals surface area contributed by atoms with E-state index in [2.05, 4.69) is 31.7 Å². The number of pyridine rings is 1. The lowest BCUT2D eigenvalue weighted by molar-refractivity contribution is 0.0950. The van der Waals surface area contributed by atoms with Crippen molar-refractivity contribution in [2.75, 3.05) is 37.6 Å². The number of nitrogens with one attached hydrogen (secondary N) is 2. The molecule has 8 nitrogen and oxygen atoms in total. The predicted molar refractivity (Wildman–Crippen MR) is 122 cm³/mol. The normalized spacial score (nSPS) is 15.3. The number of hydrogen-bond acceptors (Lipinski definition) is 6. The summed E-state index contributed by atoms with van der Waals surface area (Å²) < 4.78 is 26.9. The van der Waals surface area contributed by atoms with Crippen molar-refractivity contribution in [3.05, 3.63) is 53.7 Å². The molecule has 1 aromatic carbocycles. The molecule has 0 spiro atoms. The van der Waals surface area contributed by atoms with Crippen molar-refractivity contribution in [3.8, 4) is 0 Å². The first-order valence-electron chi connectivity index (χ1n) is 10.6. The van der Waals surface area contributed by atoms with Crippen molar-refractivity contribution in [3.63, 3.8) is 0 Å². The van der Waals surface area contributed by atoms with E-state index in [0.717, 1.165) is 44.1 Å². The van der Waals surface area contributed by atoms with E-state index in [1.165, 1.54) is 24.3 Å². The maximum absolute atomic E-state index is 12.4. The Labute approximate surface area is 184 Å². The second-order valence-electron chi connectivity index (χ2n) is 7.93. The number of sulfonamides is 1. The van der Waals surface area contributed by atoms with E-state index in [-0.39, 0.29) is 16.8 Å². The number of carbonyl (C=O) groups is 1. The molecule has 2 N–H and O–H groups in total. The number of carbonyl (C=O) groups excluding carboxylic acids is 1. The summed E-state index contributed by atoms with van der Waals surface area (Å²) in [6.07, 6.45) is 1.79. The Balaban J connectivity index is 1.53. The molecule has 9 heteroatoms. The van der Waals surface area contributed by atoms with Gasteiger partial charge in [0.05, 0.1) is 4.90 Å². The van der Waals surface area contributed by atoms with E-state index < -0.39 is 10.0 Å². The maximum atomic E-state index is 12.4. The number of likely N-dealkylation sites (N-methyl/N-ethyl adjacent to an activating group) is 1. The second-order valence-corrected chi connectivity index (χ2v) is 9.64. The third-order valence-electron chi connectivity index (χ3n) is 5.22. The van der Waals surface area contributed by atoms with Crippen LogP contribution in [0.4, 0.5) is 5.82 Å². The average Bonchev–Trinajstić information content (AvgIpc) is 2.77. The van der Waals surface area contributed by atoms with Gasteiger partial charge in [0.2, 0.25) is 10.0 Å². The molecule has 0 radical (unpaired) electrons. The number of aromatic nitrogens is 1. The van der Waals surface area contributed by atoms with E-state index in [0.29, 0.717) is 12.1 Å². The van der Waals surface area contributed by atoms with Crippen LogP contribution in [0.1, 0.15) is 36.7 Å². The zero-order chi connectivity index (χ0) is 22.4. The van der Waals surface area contributed by atoms with Crippen molar-refractivity contribution in [1.29, 1.82) is 0 Å². The fourth-order valence-corrected chi connectivity index (χ4v) is 4.70. The highest BCUT2D eigenvalue weighted by Crippen LogP contribution is 2.15. The fourth-order valence-electron chi connectivity index (χ4n) is 3.45. The maximum Gasteiger partial charge on any atom is 0.251 e. The van der Waals surface area contributed by atoms with E-state index in [4.69, 9.17) is 0 Å². The Morgan fingerprint density at radius 1 is 1.06 bits per heavy atom. The summed E-state index contributed by atoms with van der Waals surface area (Å²) in [6.45, 7) is 11.1. The highest BCUT2D eigenvalue weighted by molar-refractivity contribution is 7.89. The number of nitrogens with zero attached hydrogens (tertiary/aromatic N) is 3. The Hall–Kier alpha value is -2.49. The Bertz CT molecular complexity index is 967. The summed E-state index contributed by atoms with van der Waals surface area (Å²) in [6, 6.07) is 9.67. The summed E-state index contributed by atoms with van der Waals surface area (Å²) in [5, 5.41) is 2.85. The van der Waals surface area contributed by atoms with Gasteiger partial charge in [0, 0.05) is 50.5 Å². The molecule has 1 aliphatic heterocycles. The van der Waals surface area contributed by atoms with Crippen molar-refractivity contribution < 1.29 is 13.2 Å². The quantitative estimate of drug-likeness (QED) is 0.644. The first-order valence-corrected chi connectivity index (χ1v) is 12.1. The summed E-state index contributed by atoms with van der Waals surface area (Å²) in [5.74, 6) is 0.693. The average molecular weight is 446 g/mol. The SMILES string of the molecule is CCN1CCN(c2ccc(CNC(=O)c3ccc(S(=O)(=O)NC(C)C)cc3)cn2)CC1. The van der Waals surface area contributed by atoms with Crippen LogP contribution in [0.25, 0.3) is 0 Å². The molecule has 0 bridgehead atoms. The van der Waals surface area contributed by atoms with Gasteiger partial charge in [-0.05, 0) is 56.3 Å². The van der Waals surface area contributed by atoms with Crippen molar-refractivity contribution in [2.24, 2.45) is 0 Å². The first kappa shape index (κ1) is 23.2. The molecule has 31 heavy (non-hydrogen) atoms. The highest BCUT2D eigenvalue weighted by atomic mass is 32.2. The Morgan fingerprint density at radius 2 is 1.74 bits per heavy atom. The molecule has 0 aliphatic carbocycles. The predicted octanol–water partition coefficient (Wildman–Crippen LogP) is 1.84. The van der Waals surface area contributed by atoms with Crippen LogP contribution in [0, 0.1) is 0 Å². The van der Waals surface area contributed by atoms with Gasteiger partial charge in [-0.2, -0.15) is 0 Å². The summed E-state index contributed by atoms with van der Waals surface area (Å²) in [5.41, 5.74) is 1.31. The van der Waals surface area contributed by atoms with Gasteiger partial charge < -0.3 is 15.1 Å². The molecule has 1 amide bonds. The second kappa shape index (κ2) is 10.2. The van der Waals surface area contributed by atoms with Crippen molar-refractivity contribution in [2.45, 2.75) is 38.3 Å². The van der Waals surface area contributed by atoms with Crippen molar-refractivity contribution >= 4 is 21.7 Å². The largest absolute Gasteiger partial charge is 0.354 e. The lowest BCUT2D eigenvalue weighted by atomic mass is 10.2. The lowest BCUT2D eigenvalue weighted by Gasteiger charge is -2.34. The molecule has 0 atom stereocenters. The van der Waals surface area contributed by atoms with Gasteiger partial charge in [0.25, 0.3) is 5.91 Å². The van der Waals surface area contributed by atoms with Crippen LogP contribution in [0.2, 0.25) is 0 Å². The number of benzene rings is 1. The smallest absolute Gasteiger partial charge is 0.251 e. The molecular weight excluding hydrogens is 414 g/mol. The van der Waals surface area contributed by atoms with Crippen LogP contribution in [-0.4, -0.2) is 63.0 Å². The molecule has 1 aliphatic rings. The molecule has 2 aromatic rings. The van der Waals surface area contributed by atoms with E-state index in [1.54, 1.807) is 20.0 Å². The van der Waals surface area contributed by atoms with Crippen LogP contribution >= 0.6 is 0 Å². The van der Waals surface area contributed by atoms with Crippen molar-refractivity contribution in [1.82, 2.24) is 19.9 Å². The molecule has 1 fully saturated rings. The van der Waals surface area contributed by atoms with Crippen LogP contribution in [0.5, 0.6) is 0 Å². The molecule has 1 saturated heterocycles. The van der Waals surface area contributed by atoms with E-state index in [9.17, 15) is 13.2 Å². The number of rotatable bonds is 8. The van der Waals surface area contributed by atoms with Gasteiger partial charge in [0.15, 0.2) is 0 Å². The van der Waals surface area contributed by atoms with Gasteiger partial charge in [-0.1, -0.05) is 13.0 Å². The number of amides is 1. The van der Waals surface area contributed by atoms with Gasteiger partial charge in [-0.3, -0.25) is 4.79 Å². The summed E-state index contributed by atoms with van der Waals surface area (Å²) >= 11 is 0. The number of hydrogen-bond donors (Lipinski definition) is 2. The third-order valence-corrected chi connectivity index (χ3v) is 6.90. The molecule has 168 valence electrons. The zero-order valence-corrected chi connectivity index (χ0v) is 19.2. The number of piperazine rings is 1. The standard InChI is InChI=1S/C22H31N5O3S/c1-4-26-11-13-27(14-12-26)21-10-5-18(15-23-21)16-24-22(28)19-6-8-20(9-7-19)31(29,30)25-17(2)3/h5-10,15,17,25H,4,11-14,16H2,1-3H3,(H,24,28). The molecule has 0 unspecified atom stereocenters. The minimum Gasteiger partial charge on any atom is -0.354 e. The van der Waals surface area contributed by atoms with Gasteiger partial charge in [0.1, 0.15) is 5.82 Å². The minimum absolute atomic E-state index is 0.136. The molecule has 3 rings (SSSR count). The summed E-state index contributed by atoms with van der Waals surface area (Å²) in [4.78, 5) is 21.8. The highest BCUT2D eigenvalue weighted by Gasteiger charge is 2.17. The Morgan fingerprint density at radius 3 is 2.29 bits per heavy atom. The molecule has 0 saturated carbocycles. The fraction of sp³-hybridized carbons (Fsp3) is 0.455. The number of anilines is 1. The first-order chi connectivity index (χ1) is 14.8. The zero-order valence-electron chi connectivity index (χ0n) is 18.3. The Kier molecular flexibility index (Phi) is 7.64. The van der Waals surface area contributed by atoms with Gasteiger partial charge in [-0.25, -0.2) is 18.1 Å². The monoisotopic (exact) mass is 445 g/mol. The lowest BCUT2D eigenvalue weighted by Crippen LogP contribution is -2.46. The van der Waals surface area contributed by atoms with Gasteiger partial charge in [-0.15, -0.1) is 0 Å². The van der Waals surface area contributed by atoms with Gasteiger partial charge >= 0.3 is 0 Å². The van der Waals surface area contributed by atoms with Crippen LogP contribution in [-0.2, 0) is 16.6 Å². The van der Waals surface area contributed by atoms with Crippen LogP contribution in [0.15, 0.2) is 47.5 Å².